The SMILES string of the molecule is Cc1ccc(C)c(C(C)c2cccn([O-])c2=S(=O)=O)c1. The lowest BCUT2D eigenvalue weighted by Gasteiger charge is -2.19. The van der Waals surface area contributed by atoms with Gasteiger partial charge in [0, 0.05) is 5.92 Å². The quantitative estimate of drug-likeness (QED) is 0.799. The van der Waals surface area contributed by atoms with Crippen LogP contribution in [0.2, 0.25) is 0 Å². The van der Waals surface area contributed by atoms with Crippen LogP contribution < -0.4 is 0 Å². The van der Waals surface area contributed by atoms with Crippen LogP contribution in [-0.4, -0.2) is 13.1 Å². The van der Waals surface area contributed by atoms with Crippen LogP contribution in [-0.2, 0) is 10.3 Å². The summed E-state index contributed by atoms with van der Waals surface area (Å²) in [6.45, 7) is 5.88. The second kappa shape index (κ2) is 5.54. The van der Waals surface area contributed by atoms with Crippen molar-refractivity contribution in [2.75, 3.05) is 0 Å². The highest BCUT2D eigenvalue weighted by atomic mass is 32.2. The monoisotopic (exact) mass is 290 g/mol. The molecule has 0 aliphatic rings. The van der Waals surface area contributed by atoms with Crippen molar-refractivity contribution in [3.63, 3.8) is 0 Å². The third-order valence-corrected chi connectivity index (χ3v) is 4.20. The number of rotatable bonds is 2. The Morgan fingerprint density at radius 1 is 1.15 bits per heavy atom. The minimum Gasteiger partial charge on any atom is -0.805 e. The maximum atomic E-state index is 11.7. The molecule has 0 radical (unpaired) electrons. The summed E-state index contributed by atoms with van der Waals surface area (Å²) in [4.78, 5) is 0. The summed E-state index contributed by atoms with van der Waals surface area (Å²) in [6, 6.07) is 9.30. The van der Waals surface area contributed by atoms with Gasteiger partial charge in [-0.15, -0.1) is 0 Å². The fraction of sp³-hybridized carbons (Fsp3) is 0.267. The summed E-state index contributed by atoms with van der Waals surface area (Å²) in [5.41, 5.74) is 3.73. The van der Waals surface area contributed by atoms with E-state index in [1.165, 1.54) is 6.20 Å². The molecule has 106 valence electrons. The fourth-order valence-corrected chi connectivity index (χ4v) is 3.03. The average molecular weight is 290 g/mol. The summed E-state index contributed by atoms with van der Waals surface area (Å²) >= 11 is 0. The summed E-state index contributed by atoms with van der Waals surface area (Å²) < 4.78 is 22.8. The van der Waals surface area contributed by atoms with E-state index in [4.69, 9.17) is 0 Å². The molecule has 2 rings (SSSR count). The van der Waals surface area contributed by atoms with Crippen LogP contribution in [0.1, 0.15) is 35.1 Å². The molecule has 0 saturated carbocycles. The van der Waals surface area contributed by atoms with E-state index in [1.54, 1.807) is 12.1 Å². The third-order valence-electron chi connectivity index (χ3n) is 3.47. The van der Waals surface area contributed by atoms with Crippen molar-refractivity contribution in [1.29, 1.82) is 0 Å². The molecule has 0 spiro atoms. The van der Waals surface area contributed by atoms with Crippen molar-refractivity contribution in [3.05, 3.63) is 68.6 Å². The molecule has 1 unspecified atom stereocenters. The molecule has 20 heavy (non-hydrogen) atoms. The number of nitrogens with zero attached hydrogens (tertiary/aromatic N) is 1. The Bertz CT molecular complexity index is 811. The summed E-state index contributed by atoms with van der Waals surface area (Å²) in [6.07, 6.45) is 1.20. The van der Waals surface area contributed by atoms with Crippen molar-refractivity contribution < 1.29 is 8.42 Å². The molecule has 0 fully saturated rings. The minimum atomic E-state index is -2.56. The molecule has 4 nitrogen and oxygen atoms in total. The van der Waals surface area contributed by atoms with E-state index in [0.717, 1.165) is 16.7 Å². The third kappa shape index (κ3) is 2.63. The van der Waals surface area contributed by atoms with Crippen LogP contribution in [0.25, 0.3) is 0 Å². The predicted molar refractivity (Wildman–Crippen MR) is 78.8 cm³/mol. The first kappa shape index (κ1) is 14.4. The lowest BCUT2D eigenvalue weighted by atomic mass is 9.90. The molecular weight excluding hydrogens is 274 g/mol. The molecule has 0 bridgehead atoms. The minimum absolute atomic E-state index is 0.163. The number of aryl methyl sites for hydroxylation is 2. The van der Waals surface area contributed by atoms with Gasteiger partial charge in [-0.1, -0.05) is 36.8 Å². The predicted octanol–water partition coefficient (Wildman–Crippen LogP) is 3.01. The number of pyridine rings is 1. The molecule has 2 aromatic rings. The molecule has 5 heteroatoms. The largest absolute Gasteiger partial charge is 0.805 e. The number of hydrogen-bond donors (Lipinski definition) is 0. The fourth-order valence-electron chi connectivity index (χ4n) is 2.38. The standard InChI is InChI=1S/C15H16NO3S/c1-10-6-7-11(2)14(9-10)12(3)13-5-4-8-16(17)15(13)20(18)19/h4-9,12H,1-3H3/q-1. The van der Waals surface area contributed by atoms with E-state index >= 15 is 0 Å². The first-order valence-electron chi connectivity index (χ1n) is 6.30. The van der Waals surface area contributed by atoms with Gasteiger partial charge < -0.3 is 9.94 Å². The average Bonchev–Trinajstić information content (AvgIpc) is 2.40. The zero-order valence-electron chi connectivity index (χ0n) is 11.6. The highest BCUT2D eigenvalue weighted by Crippen LogP contribution is 2.27. The Morgan fingerprint density at radius 2 is 1.85 bits per heavy atom. The Kier molecular flexibility index (Phi) is 3.99. The van der Waals surface area contributed by atoms with Gasteiger partial charge in [-0.3, -0.25) is 0 Å². The van der Waals surface area contributed by atoms with Crippen LogP contribution in [0.4, 0.5) is 0 Å². The van der Waals surface area contributed by atoms with Gasteiger partial charge in [0.2, 0.25) is 10.3 Å². The molecule has 1 atom stereocenters. The molecule has 0 N–H and O–H groups in total. The molecule has 0 saturated heterocycles. The van der Waals surface area contributed by atoms with Gasteiger partial charge in [0.25, 0.3) is 0 Å². The highest BCUT2D eigenvalue weighted by Gasteiger charge is 2.14. The highest BCUT2D eigenvalue weighted by molar-refractivity contribution is 7.63. The van der Waals surface area contributed by atoms with E-state index < -0.39 is 10.3 Å². The number of hydrogen-bond acceptors (Lipinski definition) is 3. The Morgan fingerprint density at radius 3 is 2.50 bits per heavy atom. The Hall–Kier alpha value is -2.01. The second-order valence-electron chi connectivity index (χ2n) is 4.91. The van der Waals surface area contributed by atoms with Gasteiger partial charge in [0.05, 0.1) is 0 Å². The van der Waals surface area contributed by atoms with E-state index in [0.29, 0.717) is 10.3 Å². The van der Waals surface area contributed by atoms with Crippen LogP contribution in [0.15, 0.2) is 36.5 Å². The maximum absolute atomic E-state index is 11.7. The van der Waals surface area contributed by atoms with Gasteiger partial charge >= 0.3 is 0 Å². The van der Waals surface area contributed by atoms with E-state index in [1.807, 2.05) is 39.0 Å². The second-order valence-corrected chi connectivity index (χ2v) is 5.77. The first-order chi connectivity index (χ1) is 9.41. The molecular formula is C15H16NO3S-. The van der Waals surface area contributed by atoms with Crippen LogP contribution >= 0.6 is 0 Å². The van der Waals surface area contributed by atoms with Gasteiger partial charge in [-0.2, -0.15) is 8.42 Å². The zero-order valence-corrected chi connectivity index (χ0v) is 12.4. The Balaban J connectivity index is 2.73. The smallest absolute Gasteiger partial charge is 0.238 e. The number of benzene rings is 1. The van der Waals surface area contributed by atoms with Crippen molar-refractivity contribution in [2.45, 2.75) is 26.7 Å². The summed E-state index contributed by atoms with van der Waals surface area (Å²) in [7, 11) is -2.56. The van der Waals surface area contributed by atoms with Gasteiger partial charge in [-0.05, 0) is 42.8 Å². The lowest BCUT2D eigenvalue weighted by Crippen LogP contribution is -2.05. The van der Waals surface area contributed by atoms with Crippen molar-refractivity contribution in [3.8, 4) is 0 Å². The molecule has 1 aromatic carbocycles. The lowest BCUT2D eigenvalue weighted by molar-refractivity contribution is 0.622. The van der Waals surface area contributed by atoms with Crippen LogP contribution in [0.3, 0.4) is 0 Å². The van der Waals surface area contributed by atoms with Gasteiger partial charge in [0.1, 0.15) is 0 Å². The summed E-state index contributed by atoms with van der Waals surface area (Å²) in [5, 5.41) is 11.7. The normalized spacial score (nSPS) is 12.2. The van der Waals surface area contributed by atoms with Crippen molar-refractivity contribution >= 4 is 10.3 Å². The molecule has 0 amide bonds. The van der Waals surface area contributed by atoms with E-state index in [-0.39, 0.29) is 10.6 Å². The summed E-state index contributed by atoms with van der Waals surface area (Å²) in [5.74, 6) is -0.163. The first-order valence-corrected chi connectivity index (χ1v) is 7.37. The molecule has 0 aliphatic heterocycles. The van der Waals surface area contributed by atoms with Crippen LogP contribution in [0.5, 0.6) is 0 Å². The topological polar surface area (TPSA) is 62.1 Å². The van der Waals surface area contributed by atoms with Gasteiger partial charge in [0.15, 0.2) is 4.64 Å². The maximum Gasteiger partial charge on any atom is 0.238 e. The molecule has 1 aromatic heterocycles. The van der Waals surface area contributed by atoms with Crippen molar-refractivity contribution in [1.82, 2.24) is 4.73 Å². The van der Waals surface area contributed by atoms with Crippen LogP contribution in [0, 0.1) is 23.7 Å². The van der Waals surface area contributed by atoms with E-state index in [9.17, 15) is 13.6 Å². The molecule has 0 aliphatic carbocycles. The van der Waals surface area contributed by atoms with Gasteiger partial charge in [-0.25, -0.2) is 0 Å². The molecule has 1 heterocycles. The van der Waals surface area contributed by atoms with Crippen molar-refractivity contribution in [2.24, 2.45) is 0 Å². The Labute approximate surface area is 119 Å². The number of aromatic nitrogens is 1. The zero-order chi connectivity index (χ0) is 14.9. The van der Waals surface area contributed by atoms with E-state index in [2.05, 4.69) is 0 Å².